The lowest BCUT2D eigenvalue weighted by atomic mass is 10.3. The molecule has 4 N–H and O–H groups in total. The van der Waals surface area contributed by atoms with Crippen molar-refractivity contribution in [3.63, 3.8) is 0 Å². The SMILES string of the molecule is CNC(=O)c1c(C)[nH]c(=O)n1CC(N)=O. The first-order valence-corrected chi connectivity index (χ1v) is 4.27. The summed E-state index contributed by atoms with van der Waals surface area (Å²) in [6.07, 6.45) is 0. The second-order valence-corrected chi connectivity index (χ2v) is 3.04. The maximum atomic E-state index is 11.4. The average molecular weight is 212 g/mol. The van der Waals surface area contributed by atoms with Crippen molar-refractivity contribution in [3.8, 4) is 0 Å². The van der Waals surface area contributed by atoms with E-state index in [0.717, 1.165) is 4.57 Å². The van der Waals surface area contributed by atoms with E-state index in [4.69, 9.17) is 5.73 Å². The number of carbonyl (C=O) groups excluding carboxylic acids is 2. The maximum absolute atomic E-state index is 11.4. The number of imidazole rings is 1. The third-order valence-electron chi connectivity index (χ3n) is 1.92. The zero-order valence-corrected chi connectivity index (χ0v) is 8.46. The van der Waals surface area contributed by atoms with Gasteiger partial charge in [0.15, 0.2) is 0 Å². The molecule has 0 radical (unpaired) electrons. The molecule has 0 saturated carbocycles. The molecule has 7 nitrogen and oxygen atoms in total. The molecule has 82 valence electrons. The first-order chi connectivity index (χ1) is 6.97. The molecule has 0 aliphatic carbocycles. The number of aryl methyl sites for hydroxylation is 1. The van der Waals surface area contributed by atoms with Gasteiger partial charge < -0.3 is 16.0 Å². The molecule has 1 heterocycles. The second kappa shape index (κ2) is 3.99. The number of H-pyrrole nitrogens is 1. The van der Waals surface area contributed by atoms with Crippen LogP contribution in [0.1, 0.15) is 16.2 Å². The number of amides is 2. The highest BCUT2D eigenvalue weighted by atomic mass is 16.2. The summed E-state index contributed by atoms with van der Waals surface area (Å²) in [4.78, 5) is 35.9. The van der Waals surface area contributed by atoms with Gasteiger partial charge in [-0.25, -0.2) is 4.79 Å². The van der Waals surface area contributed by atoms with Crippen LogP contribution < -0.4 is 16.7 Å². The van der Waals surface area contributed by atoms with Gasteiger partial charge in [0, 0.05) is 12.7 Å². The Hall–Kier alpha value is -2.05. The summed E-state index contributed by atoms with van der Waals surface area (Å²) in [6.45, 7) is 1.26. The van der Waals surface area contributed by atoms with Crippen molar-refractivity contribution in [2.45, 2.75) is 13.5 Å². The number of nitrogens with one attached hydrogen (secondary N) is 2. The van der Waals surface area contributed by atoms with Crippen LogP contribution in [0.5, 0.6) is 0 Å². The lowest BCUT2D eigenvalue weighted by Gasteiger charge is -2.04. The highest BCUT2D eigenvalue weighted by Crippen LogP contribution is 2.02. The standard InChI is InChI=1S/C8H12N4O3/c1-4-6(7(14)10-2)12(3-5(9)13)8(15)11-4/h3H2,1-2H3,(H2,9,13)(H,10,14)(H,11,15). The van der Waals surface area contributed by atoms with Crippen LogP contribution in [0, 0.1) is 6.92 Å². The van der Waals surface area contributed by atoms with Crippen LogP contribution in [-0.4, -0.2) is 28.4 Å². The van der Waals surface area contributed by atoms with Crippen molar-refractivity contribution in [2.75, 3.05) is 7.05 Å². The largest absolute Gasteiger partial charge is 0.368 e. The van der Waals surface area contributed by atoms with Crippen LogP contribution >= 0.6 is 0 Å². The fourth-order valence-electron chi connectivity index (χ4n) is 1.31. The third kappa shape index (κ3) is 2.06. The van der Waals surface area contributed by atoms with Gasteiger partial charge >= 0.3 is 5.69 Å². The minimum absolute atomic E-state index is 0.126. The average Bonchev–Trinajstić information content (AvgIpc) is 2.40. The first kappa shape index (κ1) is 11.0. The zero-order valence-electron chi connectivity index (χ0n) is 8.46. The molecule has 0 aliphatic rings. The molecule has 0 unspecified atom stereocenters. The highest BCUT2D eigenvalue weighted by molar-refractivity contribution is 5.93. The normalized spacial score (nSPS) is 10.0. The van der Waals surface area contributed by atoms with Gasteiger partial charge in [-0.1, -0.05) is 0 Å². The third-order valence-corrected chi connectivity index (χ3v) is 1.92. The smallest absolute Gasteiger partial charge is 0.326 e. The molecular formula is C8H12N4O3. The Morgan fingerprint density at radius 3 is 2.60 bits per heavy atom. The summed E-state index contributed by atoms with van der Waals surface area (Å²) in [5.41, 5.74) is 4.98. The second-order valence-electron chi connectivity index (χ2n) is 3.04. The summed E-state index contributed by atoms with van der Waals surface area (Å²) in [7, 11) is 1.44. The van der Waals surface area contributed by atoms with Crippen molar-refractivity contribution in [2.24, 2.45) is 5.73 Å². The summed E-state index contributed by atoms with van der Waals surface area (Å²) in [6, 6.07) is 0. The quantitative estimate of drug-likeness (QED) is 0.557. The molecule has 0 spiro atoms. The summed E-state index contributed by atoms with van der Waals surface area (Å²) in [5, 5.41) is 2.38. The van der Waals surface area contributed by atoms with Gasteiger partial charge in [0.05, 0.1) is 0 Å². The Morgan fingerprint density at radius 1 is 1.53 bits per heavy atom. The van der Waals surface area contributed by atoms with Crippen molar-refractivity contribution in [1.82, 2.24) is 14.9 Å². The van der Waals surface area contributed by atoms with Crippen LogP contribution in [0.4, 0.5) is 0 Å². The predicted molar refractivity (Wildman–Crippen MR) is 52.4 cm³/mol. The highest BCUT2D eigenvalue weighted by Gasteiger charge is 2.18. The lowest BCUT2D eigenvalue weighted by molar-refractivity contribution is -0.118. The van der Waals surface area contributed by atoms with Gasteiger partial charge in [-0.2, -0.15) is 0 Å². The van der Waals surface area contributed by atoms with Crippen LogP contribution in [0.25, 0.3) is 0 Å². The minimum Gasteiger partial charge on any atom is -0.368 e. The van der Waals surface area contributed by atoms with Crippen molar-refractivity contribution >= 4 is 11.8 Å². The number of aromatic nitrogens is 2. The predicted octanol–water partition coefficient (Wildman–Crippen LogP) is -1.67. The van der Waals surface area contributed by atoms with Gasteiger partial charge in [0.1, 0.15) is 12.2 Å². The molecule has 7 heteroatoms. The monoisotopic (exact) mass is 212 g/mol. The number of hydrogen-bond donors (Lipinski definition) is 3. The molecule has 0 saturated heterocycles. The summed E-state index contributed by atoms with van der Waals surface area (Å²) >= 11 is 0. The minimum atomic E-state index is -0.679. The Labute approximate surface area is 85.3 Å². The number of hydrogen-bond acceptors (Lipinski definition) is 3. The van der Waals surface area contributed by atoms with E-state index >= 15 is 0 Å². The molecule has 15 heavy (non-hydrogen) atoms. The van der Waals surface area contributed by atoms with Crippen LogP contribution in [-0.2, 0) is 11.3 Å². The number of nitrogens with two attached hydrogens (primary N) is 1. The molecule has 1 rings (SSSR count). The first-order valence-electron chi connectivity index (χ1n) is 4.27. The van der Waals surface area contributed by atoms with E-state index in [1.807, 2.05) is 0 Å². The Kier molecular flexibility index (Phi) is 2.93. The molecule has 0 fully saturated rings. The number of rotatable bonds is 3. The van der Waals surface area contributed by atoms with Gasteiger partial charge in [0.25, 0.3) is 5.91 Å². The van der Waals surface area contributed by atoms with E-state index in [2.05, 4.69) is 10.3 Å². The number of aromatic amines is 1. The van der Waals surface area contributed by atoms with Gasteiger partial charge in [-0.15, -0.1) is 0 Å². The Bertz CT molecular complexity index is 457. The topological polar surface area (TPSA) is 110 Å². The van der Waals surface area contributed by atoms with E-state index in [0.29, 0.717) is 5.69 Å². The Morgan fingerprint density at radius 2 is 2.13 bits per heavy atom. The zero-order chi connectivity index (χ0) is 11.6. The van der Waals surface area contributed by atoms with E-state index in [1.165, 1.54) is 7.05 Å². The van der Waals surface area contributed by atoms with Crippen LogP contribution in [0.3, 0.4) is 0 Å². The lowest BCUT2D eigenvalue weighted by Crippen LogP contribution is -2.31. The van der Waals surface area contributed by atoms with Crippen LogP contribution in [0.2, 0.25) is 0 Å². The van der Waals surface area contributed by atoms with E-state index < -0.39 is 17.5 Å². The number of nitrogens with zero attached hydrogens (tertiary/aromatic N) is 1. The number of carbonyl (C=O) groups is 2. The van der Waals surface area contributed by atoms with Crippen molar-refractivity contribution in [1.29, 1.82) is 0 Å². The fraction of sp³-hybridized carbons (Fsp3) is 0.375. The van der Waals surface area contributed by atoms with Gasteiger partial charge in [-0.05, 0) is 6.92 Å². The molecular weight excluding hydrogens is 200 g/mol. The summed E-state index contributed by atoms with van der Waals surface area (Å²) in [5.74, 6) is -1.12. The molecule has 1 aromatic rings. The summed E-state index contributed by atoms with van der Waals surface area (Å²) < 4.78 is 1.01. The maximum Gasteiger partial charge on any atom is 0.326 e. The molecule has 0 bridgehead atoms. The van der Waals surface area contributed by atoms with Crippen molar-refractivity contribution in [3.05, 3.63) is 21.9 Å². The van der Waals surface area contributed by atoms with E-state index in [1.54, 1.807) is 6.92 Å². The van der Waals surface area contributed by atoms with Gasteiger partial charge in [0.2, 0.25) is 5.91 Å². The molecule has 0 aliphatic heterocycles. The Balaban J connectivity index is 3.29. The van der Waals surface area contributed by atoms with Gasteiger partial charge in [-0.3, -0.25) is 14.2 Å². The van der Waals surface area contributed by atoms with E-state index in [-0.39, 0.29) is 12.2 Å². The van der Waals surface area contributed by atoms with Crippen molar-refractivity contribution < 1.29 is 9.59 Å². The molecule has 0 atom stereocenters. The molecule has 0 aromatic carbocycles. The molecule has 2 amide bonds. The fourth-order valence-corrected chi connectivity index (χ4v) is 1.31. The van der Waals surface area contributed by atoms with E-state index in [9.17, 15) is 14.4 Å². The van der Waals surface area contributed by atoms with Crippen LogP contribution in [0.15, 0.2) is 4.79 Å². The number of primary amides is 1. The molecule has 1 aromatic heterocycles.